The van der Waals surface area contributed by atoms with Crippen molar-refractivity contribution >= 4 is 17.4 Å². The number of urea groups is 1. The van der Waals surface area contributed by atoms with Gasteiger partial charge in [0.1, 0.15) is 11.6 Å². The van der Waals surface area contributed by atoms with E-state index < -0.39 is 0 Å². The topological polar surface area (TPSA) is 72.3 Å². The molecular weight excluding hydrogens is 378 g/mol. The van der Waals surface area contributed by atoms with Gasteiger partial charge in [-0.3, -0.25) is 4.90 Å². The van der Waals surface area contributed by atoms with Crippen molar-refractivity contribution in [1.82, 2.24) is 14.8 Å². The van der Waals surface area contributed by atoms with Gasteiger partial charge in [0.25, 0.3) is 0 Å². The molecule has 0 radical (unpaired) electrons. The number of carbonyl (C=O) groups excluding carboxylic acids is 1. The summed E-state index contributed by atoms with van der Waals surface area (Å²) in [7, 11) is 1.61. The van der Waals surface area contributed by atoms with Crippen LogP contribution in [0, 0.1) is 6.92 Å². The van der Waals surface area contributed by atoms with Crippen molar-refractivity contribution in [3.63, 3.8) is 0 Å². The predicted molar refractivity (Wildman–Crippen MR) is 117 cm³/mol. The molecule has 2 heterocycles. The van der Waals surface area contributed by atoms with Crippen LogP contribution < -0.4 is 15.0 Å². The minimum absolute atomic E-state index is 0.222. The van der Waals surface area contributed by atoms with Crippen molar-refractivity contribution in [1.29, 1.82) is 0 Å². The fourth-order valence-electron chi connectivity index (χ4n) is 3.77. The molecule has 0 saturated carbocycles. The molecule has 7 heteroatoms. The van der Waals surface area contributed by atoms with Gasteiger partial charge in [-0.1, -0.05) is 24.6 Å². The molecule has 4 rings (SSSR count). The number of rotatable bonds is 5. The Labute approximate surface area is 176 Å². The van der Waals surface area contributed by atoms with E-state index in [4.69, 9.17) is 4.74 Å². The zero-order valence-corrected chi connectivity index (χ0v) is 17.5. The third-order valence-corrected chi connectivity index (χ3v) is 5.37. The monoisotopic (exact) mass is 405 g/mol. The molecule has 0 spiro atoms. The highest BCUT2D eigenvalue weighted by molar-refractivity contribution is 6.01. The van der Waals surface area contributed by atoms with Crippen LogP contribution in [0.15, 0.2) is 48.5 Å². The summed E-state index contributed by atoms with van der Waals surface area (Å²) < 4.78 is 7.45. The highest BCUT2D eigenvalue weighted by Gasteiger charge is 2.22. The summed E-state index contributed by atoms with van der Waals surface area (Å²) in [6, 6.07) is 15.0. The third kappa shape index (κ3) is 4.45. The Kier molecular flexibility index (Phi) is 5.97. The normalized spacial score (nSPS) is 13.3. The fourth-order valence-corrected chi connectivity index (χ4v) is 3.77. The number of ether oxygens (including phenoxy) is 1. The number of hydrogen-bond donors (Lipinski definition) is 1. The zero-order chi connectivity index (χ0) is 20.9. The van der Waals surface area contributed by atoms with E-state index in [2.05, 4.69) is 20.1 Å². The summed E-state index contributed by atoms with van der Waals surface area (Å²) in [5, 5.41) is 11.8. The highest BCUT2D eigenvalue weighted by atomic mass is 16.5. The number of aryl methyl sites for hydroxylation is 2. The second kappa shape index (κ2) is 8.98. The molecule has 0 fully saturated rings. The van der Waals surface area contributed by atoms with Crippen LogP contribution >= 0.6 is 0 Å². The SMILES string of the molecule is COc1cccc(NC(=O)N(Cc2nnc3n2CCCCC3)c2cccc(C)c2)c1. The number of methoxy groups -OCH3 is 1. The van der Waals surface area contributed by atoms with Crippen LogP contribution in [0.4, 0.5) is 16.2 Å². The lowest BCUT2D eigenvalue weighted by atomic mass is 10.2. The molecule has 0 aliphatic carbocycles. The Balaban J connectivity index is 1.63. The summed E-state index contributed by atoms with van der Waals surface area (Å²) in [6.07, 6.45) is 4.38. The maximum absolute atomic E-state index is 13.3. The van der Waals surface area contributed by atoms with Gasteiger partial charge in [-0.15, -0.1) is 10.2 Å². The maximum Gasteiger partial charge on any atom is 0.326 e. The van der Waals surface area contributed by atoms with Gasteiger partial charge in [-0.25, -0.2) is 4.79 Å². The molecule has 30 heavy (non-hydrogen) atoms. The van der Waals surface area contributed by atoms with Gasteiger partial charge in [-0.05, 0) is 49.6 Å². The molecule has 0 unspecified atom stereocenters. The fraction of sp³-hybridized carbons (Fsp3) is 0.348. The van der Waals surface area contributed by atoms with Crippen LogP contribution in [0.1, 0.15) is 36.5 Å². The van der Waals surface area contributed by atoms with Crippen molar-refractivity contribution in [2.75, 3.05) is 17.3 Å². The van der Waals surface area contributed by atoms with Crippen LogP contribution in [0.5, 0.6) is 5.75 Å². The number of nitrogens with one attached hydrogen (secondary N) is 1. The van der Waals surface area contributed by atoms with Gasteiger partial charge in [-0.2, -0.15) is 0 Å². The quantitative estimate of drug-likeness (QED) is 0.675. The largest absolute Gasteiger partial charge is 0.497 e. The first-order chi connectivity index (χ1) is 14.6. The molecule has 3 aromatic rings. The average Bonchev–Trinajstić information content (AvgIpc) is 2.97. The number of carbonyl (C=O) groups is 1. The zero-order valence-electron chi connectivity index (χ0n) is 17.5. The molecule has 1 N–H and O–H groups in total. The van der Waals surface area contributed by atoms with Gasteiger partial charge in [0, 0.05) is 30.4 Å². The van der Waals surface area contributed by atoms with Crippen LogP contribution in [0.25, 0.3) is 0 Å². The Morgan fingerprint density at radius 3 is 2.83 bits per heavy atom. The number of aromatic nitrogens is 3. The molecular formula is C23H27N5O2. The minimum atomic E-state index is -0.222. The molecule has 0 atom stereocenters. The van der Waals surface area contributed by atoms with Crippen LogP contribution in [-0.2, 0) is 19.5 Å². The van der Waals surface area contributed by atoms with E-state index in [0.29, 0.717) is 18.0 Å². The van der Waals surface area contributed by atoms with Crippen LogP contribution in [-0.4, -0.2) is 27.9 Å². The van der Waals surface area contributed by atoms with E-state index in [-0.39, 0.29) is 6.03 Å². The Bertz CT molecular complexity index is 1030. The number of nitrogens with zero attached hydrogens (tertiary/aromatic N) is 4. The summed E-state index contributed by atoms with van der Waals surface area (Å²) in [5.74, 6) is 2.52. The number of amides is 2. The van der Waals surface area contributed by atoms with Gasteiger partial charge < -0.3 is 14.6 Å². The summed E-state index contributed by atoms with van der Waals surface area (Å²) in [5.41, 5.74) is 2.59. The standard InChI is InChI=1S/C23H27N5O2/c1-17-8-6-10-19(14-17)28(23(29)24-18-9-7-11-20(15-18)30-2)16-22-26-25-21-12-4-3-5-13-27(21)22/h6-11,14-15H,3-5,12-13,16H2,1-2H3,(H,24,29). The lowest BCUT2D eigenvalue weighted by molar-refractivity contribution is 0.256. The minimum Gasteiger partial charge on any atom is -0.497 e. The first-order valence-corrected chi connectivity index (χ1v) is 10.3. The van der Waals surface area contributed by atoms with Crippen molar-refractivity contribution in [3.05, 3.63) is 65.7 Å². The van der Waals surface area contributed by atoms with Gasteiger partial charge in [0.15, 0.2) is 5.82 Å². The van der Waals surface area contributed by atoms with Gasteiger partial charge >= 0.3 is 6.03 Å². The van der Waals surface area contributed by atoms with E-state index >= 15 is 0 Å². The lowest BCUT2D eigenvalue weighted by Gasteiger charge is -2.24. The van der Waals surface area contributed by atoms with Crippen LogP contribution in [0.2, 0.25) is 0 Å². The van der Waals surface area contributed by atoms with Crippen molar-refractivity contribution in [2.24, 2.45) is 0 Å². The molecule has 0 bridgehead atoms. The summed E-state index contributed by atoms with van der Waals surface area (Å²) >= 11 is 0. The maximum atomic E-state index is 13.3. The Morgan fingerprint density at radius 1 is 1.13 bits per heavy atom. The lowest BCUT2D eigenvalue weighted by Crippen LogP contribution is -2.35. The van der Waals surface area contributed by atoms with Crippen LogP contribution in [0.3, 0.4) is 0 Å². The number of anilines is 2. The van der Waals surface area contributed by atoms with Gasteiger partial charge in [0.2, 0.25) is 0 Å². The molecule has 7 nitrogen and oxygen atoms in total. The number of benzene rings is 2. The second-order valence-corrected chi connectivity index (χ2v) is 7.58. The van der Waals surface area contributed by atoms with Crippen molar-refractivity contribution < 1.29 is 9.53 Å². The van der Waals surface area contributed by atoms with Crippen molar-refractivity contribution in [2.45, 2.75) is 45.7 Å². The molecule has 2 aromatic carbocycles. The van der Waals surface area contributed by atoms with E-state index in [1.807, 2.05) is 49.4 Å². The number of hydrogen-bond acceptors (Lipinski definition) is 4. The summed E-state index contributed by atoms with van der Waals surface area (Å²) in [6.45, 7) is 3.27. The average molecular weight is 406 g/mol. The van der Waals surface area contributed by atoms with E-state index in [1.165, 1.54) is 6.42 Å². The Morgan fingerprint density at radius 2 is 2.00 bits per heavy atom. The van der Waals surface area contributed by atoms with E-state index in [0.717, 1.165) is 48.7 Å². The molecule has 1 aliphatic heterocycles. The van der Waals surface area contributed by atoms with Crippen molar-refractivity contribution in [3.8, 4) is 5.75 Å². The highest BCUT2D eigenvalue weighted by Crippen LogP contribution is 2.23. The van der Waals surface area contributed by atoms with E-state index in [9.17, 15) is 4.79 Å². The number of fused-ring (bicyclic) bond motifs is 1. The molecule has 2 amide bonds. The first kappa shape index (κ1) is 19.9. The smallest absolute Gasteiger partial charge is 0.326 e. The predicted octanol–water partition coefficient (Wildman–Crippen LogP) is 4.56. The third-order valence-electron chi connectivity index (χ3n) is 5.37. The molecule has 0 saturated heterocycles. The summed E-state index contributed by atoms with van der Waals surface area (Å²) in [4.78, 5) is 15.0. The first-order valence-electron chi connectivity index (χ1n) is 10.3. The molecule has 156 valence electrons. The second-order valence-electron chi connectivity index (χ2n) is 7.58. The Hall–Kier alpha value is -3.35. The van der Waals surface area contributed by atoms with Gasteiger partial charge in [0.05, 0.1) is 13.7 Å². The van der Waals surface area contributed by atoms with E-state index in [1.54, 1.807) is 18.1 Å². The molecule has 1 aliphatic rings. The molecule has 1 aromatic heterocycles.